The highest BCUT2D eigenvalue weighted by Crippen LogP contribution is 2.39. The van der Waals surface area contributed by atoms with Crippen LogP contribution in [-0.4, -0.2) is 32.7 Å². The van der Waals surface area contributed by atoms with Crippen LogP contribution in [-0.2, 0) is 13.0 Å². The lowest BCUT2D eigenvalue weighted by Gasteiger charge is -2.26. The Hall–Kier alpha value is -3.02. The van der Waals surface area contributed by atoms with Crippen molar-refractivity contribution in [2.75, 3.05) is 11.4 Å². The predicted octanol–water partition coefficient (Wildman–Crippen LogP) is 5.52. The molecule has 1 aliphatic heterocycles. The van der Waals surface area contributed by atoms with Crippen LogP contribution < -0.4 is 4.90 Å². The summed E-state index contributed by atoms with van der Waals surface area (Å²) in [6.45, 7) is 8.03. The number of anilines is 1. The summed E-state index contributed by atoms with van der Waals surface area (Å²) in [6, 6.07) is 2.05. The molecular weight excluding hydrogens is 384 g/mol. The molecule has 0 bridgehead atoms. The molecule has 6 nitrogen and oxygen atoms in total. The van der Waals surface area contributed by atoms with Crippen molar-refractivity contribution in [3.05, 3.63) is 71.1 Å². The molecule has 2 aliphatic rings. The third-order valence-electron chi connectivity index (χ3n) is 5.61. The number of rotatable bonds is 7. The average molecular weight is 419 g/mol. The first kappa shape index (κ1) is 22.7. The fourth-order valence-electron chi connectivity index (χ4n) is 3.37. The molecule has 2 N–H and O–H groups in total. The highest BCUT2D eigenvalue weighted by Gasteiger charge is 2.26. The van der Waals surface area contributed by atoms with E-state index in [2.05, 4.69) is 51.9 Å². The molecule has 0 spiro atoms. The second-order valence-corrected chi connectivity index (χ2v) is 8.14. The van der Waals surface area contributed by atoms with Gasteiger partial charge in [0.15, 0.2) is 0 Å². The van der Waals surface area contributed by atoms with Gasteiger partial charge in [-0.05, 0) is 56.4 Å². The van der Waals surface area contributed by atoms with Crippen molar-refractivity contribution in [1.82, 2.24) is 19.9 Å². The molecule has 2 aromatic rings. The van der Waals surface area contributed by atoms with Crippen molar-refractivity contribution in [1.29, 1.82) is 5.41 Å². The lowest BCUT2D eigenvalue weighted by atomic mass is 10.1. The van der Waals surface area contributed by atoms with Gasteiger partial charge in [0.05, 0.1) is 24.3 Å². The van der Waals surface area contributed by atoms with Gasteiger partial charge in [-0.1, -0.05) is 31.6 Å². The molecule has 0 saturated heterocycles. The largest absolute Gasteiger partial charge is 0.347 e. The number of imidazole rings is 1. The van der Waals surface area contributed by atoms with Crippen LogP contribution in [0, 0.1) is 5.41 Å². The molecule has 1 saturated carbocycles. The Morgan fingerprint density at radius 2 is 2.03 bits per heavy atom. The molecule has 164 valence electrons. The molecule has 2 aromatic heterocycles. The molecule has 1 aliphatic carbocycles. The van der Waals surface area contributed by atoms with Gasteiger partial charge in [0.2, 0.25) is 5.95 Å². The zero-order valence-electron chi connectivity index (χ0n) is 18.9. The predicted molar refractivity (Wildman–Crippen MR) is 128 cm³/mol. The Bertz CT molecular complexity index is 948. The van der Waals surface area contributed by atoms with Crippen molar-refractivity contribution in [3.63, 3.8) is 0 Å². The maximum Gasteiger partial charge on any atom is 0.225 e. The van der Waals surface area contributed by atoms with E-state index in [-0.39, 0.29) is 0 Å². The molecule has 6 heteroatoms. The van der Waals surface area contributed by atoms with Crippen LogP contribution in [0.3, 0.4) is 0 Å². The number of hydrogen-bond donors (Lipinski definition) is 2. The minimum Gasteiger partial charge on any atom is -0.347 e. The van der Waals surface area contributed by atoms with Crippen LogP contribution in [0.25, 0.3) is 0 Å². The average Bonchev–Trinajstić information content (AvgIpc) is 3.54. The Morgan fingerprint density at radius 1 is 1.23 bits per heavy atom. The minimum atomic E-state index is 0.680. The first-order valence-corrected chi connectivity index (χ1v) is 11.2. The molecule has 1 fully saturated rings. The monoisotopic (exact) mass is 418 g/mol. The zero-order valence-corrected chi connectivity index (χ0v) is 18.9. The van der Waals surface area contributed by atoms with Crippen LogP contribution in [0.4, 0.5) is 5.95 Å². The van der Waals surface area contributed by atoms with E-state index < -0.39 is 0 Å². The number of aromatic amines is 1. The second-order valence-electron chi connectivity index (χ2n) is 8.14. The van der Waals surface area contributed by atoms with Crippen LogP contribution >= 0.6 is 0 Å². The summed E-state index contributed by atoms with van der Waals surface area (Å²) in [5, 5.41) is 6.92. The van der Waals surface area contributed by atoms with Gasteiger partial charge >= 0.3 is 0 Å². The third kappa shape index (κ3) is 6.74. The van der Waals surface area contributed by atoms with E-state index in [4.69, 9.17) is 10.4 Å². The molecule has 0 amide bonds. The van der Waals surface area contributed by atoms with E-state index in [1.54, 1.807) is 12.4 Å². The summed E-state index contributed by atoms with van der Waals surface area (Å²) in [6.07, 6.45) is 19.0. The number of allylic oxidation sites excluding steroid dienone is 6. The summed E-state index contributed by atoms with van der Waals surface area (Å²) >= 11 is 0. The van der Waals surface area contributed by atoms with E-state index in [1.165, 1.54) is 48.1 Å². The molecule has 0 unspecified atom stereocenters. The molecule has 0 atom stereocenters. The molecule has 3 heterocycles. The standard InChI is InChI=1S/C13H15N5.C12H19N/c1-2-9(1)10-3-5-14-13(17-10)18-6-4-11-12(7-18)16-8-15-11;1-4-5-6-7-8-11(2)12(3)9-10-13/h3,5,8-9H,1-2,4,6-7H2,(H,15,16);6-10,13H,4-5H2,1-3H3/b;7-6-,11-8-,12-9+,13-10?. The maximum absolute atomic E-state index is 6.92. The maximum atomic E-state index is 6.92. The van der Waals surface area contributed by atoms with Crippen LogP contribution in [0.5, 0.6) is 0 Å². The van der Waals surface area contributed by atoms with Crippen molar-refractivity contribution < 1.29 is 0 Å². The quantitative estimate of drug-likeness (QED) is 0.458. The van der Waals surface area contributed by atoms with Crippen LogP contribution in [0.15, 0.2) is 54.0 Å². The van der Waals surface area contributed by atoms with E-state index in [0.717, 1.165) is 37.5 Å². The first-order chi connectivity index (χ1) is 15.1. The minimum absolute atomic E-state index is 0.680. The van der Waals surface area contributed by atoms with Crippen LogP contribution in [0.2, 0.25) is 0 Å². The van der Waals surface area contributed by atoms with Crippen LogP contribution in [0.1, 0.15) is 69.5 Å². The summed E-state index contributed by atoms with van der Waals surface area (Å²) in [7, 11) is 0. The van der Waals surface area contributed by atoms with Crippen molar-refractivity contribution in [2.24, 2.45) is 0 Å². The van der Waals surface area contributed by atoms with Gasteiger partial charge < -0.3 is 15.3 Å². The molecular formula is C25H34N6. The van der Waals surface area contributed by atoms with Gasteiger partial charge in [0, 0.05) is 37.0 Å². The number of hydrogen-bond acceptors (Lipinski definition) is 5. The fourth-order valence-corrected chi connectivity index (χ4v) is 3.37. The smallest absolute Gasteiger partial charge is 0.225 e. The SMILES string of the molecule is CCC\C=C/C=C(C)\C(C)=C\C=N.c1cc(C2CC2)nc(N2CCc3nc[nH]c3C2)n1. The molecule has 4 rings (SSSR count). The number of H-pyrrole nitrogens is 1. The number of aromatic nitrogens is 4. The van der Waals surface area contributed by atoms with E-state index >= 15 is 0 Å². The summed E-state index contributed by atoms with van der Waals surface area (Å²) < 4.78 is 0. The number of nitrogens with one attached hydrogen (secondary N) is 2. The number of unbranched alkanes of at least 4 members (excludes halogenated alkanes) is 1. The topological polar surface area (TPSA) is 81.5 Å². The molecule has 31 heavy (non-hydrogen) atoms. The lowest BCUT2D eigenvalue weighted by molar-refractivity contribution is 0.686. The fraction of sp³-hybridized carbons (Fsp3) is 0.440. The first-order valence-electron chi connectivity index (χ1n) is 11.2. The second kappa shape index (κ2) is 11.4. The Kier molecular flexibility index (Phi) is 8.33. The van der Waals surface area contributed by atoms with Gasteiger partial charge in [0.25, 0.3) is 0 Å². The van der Waals surface area contributed by atoms with Gasteiger partial charge in [-0.2, -0.15) is 0 Å². The lowest BCUT2D eigenvalue weighted by Crippen LogP contribution is -2.32. The zero-order chi connectivity index (χ0) is 22.1. The summed E-state index contributed by atoms with van der Waals surface area (Å²) in [4.78, 5) is 18.9. The van der Waals surface area contributed by atoms with Gasteiger partial charge in [-0.15, -0.1) is 0 Å². The van der Waals surface area contributed by atoms with Gasteiger partial charge in [-0.3, -0.25) is 0 Å². The van der Waals surface area contributed by atoms with Crippen molar-refractivity contribution in [3.8, 4) is 0 Å². The van der Waals surface area contributed by atoms with Crippen molar-refractivity contribution in [2.45, 2.75) is 65.3 Å². The summed E-state index contributed by atoms with van der Waals surface area (Å²) in [5.41, 5.74) is 5.95. The molecule has 0 aromatic carbocycles. The summed E-state index contributed by atoms with van der Waals surface area (Å²) in [5.74, 6) is 1.54. The van der Waals surface area contributed by atoms with E-state index in [0.29, 0.717) is 5.92 Å². The highest BCUT2D eigenvalue weighted by atomic mass is 15.3. The number of nitrogens with zero attached hydrogens (tertiary/aromatic N) is 4. The molecule has 0 radical (unpaired) electrons. The number of fused-ring (bicyclic) bond motifs is 1. The van der Waals surface area contributed by atoms with Gasteiger partial charge in [-0.25, -0.2) is 15.0 Å². The van der Waals surface area contributed by atoms with Crippen molar-refractivity contribution >= 4 is 12.2 Å². The Morgan fingerprint density at radius 3 is 2.77 bits per heavy atom. The Balaban J connectivity index is 0.000000188. The Labute approximate surface area is 185 Å². The van der Waals surface area contributed by atoms with Gasteiger partial charge in [0.1, 0.15) is 0 Å². The third-order valence-corrected chi connectivity index (χ3v) is 5.61. The highest BCUT2D eigenvalue weighted by molar-refractivity contribution is 5.70. The van der Waals surface area contributed by atoms with E-state index in [9.17, 15) is 0 Å². The van der Waals surface area contributed by atoms with E-state index in [1.807, 2.05) is 19.2 Å². The normalized spacial score (nSPS) is 16.7.